The number of hydrogen-bond donors (Lipinski definition) is 1. The first-order chi connectivity index (χ1) is 10.3. The number of aromatic nitrogens is 4. The quantitative estimate of drug-likeness (QED) is 0.798. The molecule has 3 aromatic rings. The van der Waals surface area contributed by atoms with Crippen molar-refractivity contribution in [3.8, 4) is 0 Å². The monoisotopic (exact) mass is 280 g/mol. The van der Waals surface area contributed by atoms with Gasteiger partial charge in [0.2, 0.25) is 0 Å². The van der Waals surface area contributed by atoms with E-state index in [1.165, 1.54) is 12.1 Å². The molecule has 1 N–H and O–H groups in total. The lowest BCUT2D eigenvalue weighted by Gasteiger charge is -2.33. The van der Waals surface area contributed by atoms with Crippen LogP contribution in [0.5, 0.6) is 0 Å². The minimum atomic E-state index is 0.778. The Morgan fingerprint density at radius 2 is 2.10 bits per heavy atom. The average Bonchev–Trinajstić information content (AvgIpc) is 2.80. The highest BCUT2D eigenvalue weighted by Crippen LogP contribution is 2.27. The van der Waals surface area contributed by atoms with Gasteiger partial charge >= 0.3 is 0 Å². The predicted octanol–water partition coefficient (Wildman–Crippen LogP) is 2.32. The zero-order valence-corrected chi connectivity index (χ0v) is 11.8. The minimum absolute atomic E-state index is 0.778. The van der Waals surface area contributed by atoms with Crippen molar-refractivity contribution in [2.75, 3.05) is 23.3 Å². The Morgan fingerprint density at radius 3 is 2.90 bits per heavy atom. The van der Waals surface area contributed by atoms with E-state index in [4.69, 9.17) is 0 Å². The van der Waals surface area contributed by atoms with Crippen LogP contribution in [-0.2, 0) is 7.05 Å². The molecule has 106 valence electrons. The van der Waals surface area contributed by atoms with E-state index in [1.807, 2.05) is 13.1 Å². The van der Waals surface area contributed by atoms with Gasteiger partial charge in [0.15, 0.2) is 5.82 Å². The summed E-state index contributed by atoms with van der Waals surface area (Å²) in [5, 5.41) is 7.61. The van der Waals surface area contributed by atoms with Crippen LogP contribution in [0.25, 0.3) is 11.0 Å². The van der Waals surface area contributed by atoms with Crippen LogP contribution in [0.2, 0.25) is 0 Å². The van der Waals surface area contributed by atoms with Gasteiger partial charge in [0.25, 0.3) is 0 Å². The lowest BCUT2D eigenvalue weighted by molar-refractivity contribution is 0.618. The van der Waals surface area contributed by atoms with E-state index in [0.717, 1.165) is 35.6 Å². The summed E-state index contributed by atoms with van der Waals surface area (Å²) in [4.78, 5) is 10.9. The molecule has 1 saturated heterocycles. The van der Waals surface area contributed by atoms with E-state index in [0.29, 0.717) is 0 Å². The second-order valence-electron chi connectivity index (χ2n) is 5.24. The van der Waals surface area contributed by atoms with Crippen molar-refractivity contribution in [2.24, 2.45) is 7.05 Å². The van der Waals surface area contributed by atoms with Gasteiger partial charge in [-0.1, -0.05) is 6.07 Å². The van der Waals surface area contributed by atoms with Crippen molar-refractivity contribution in [3.63, 3.8) is 0 Å². The minimum Gasteiger partial charge on any atom is -0.371 e. The third-order valence-corrected chi connectivity index (χ3v) is 3.86. The molecule has 0 bridgehead atoms. The molecular formula is C15H16N6. The third kappa shape index (κ3) is 2.08. The first kappa shape index (κ1) is 12.1. The molecule has 2 aromatic heterocycles. The number of nitrogens with zero attached hydrogens (tertiary/aromatic N) is 5. The molecule has 0 atom stereocenters. The largest absolute Gasteiger partial charge is 0.371 e. The van der Waals surface area contributed by atoms with Gasteiger partial charge in [0.1, 0.15) is 17.4 Å². The summed E-state index contributed by atoms with van der Waals surface area (Å²) >= 11 is 0. The second-order valence-corrected chi connectivity index (χ2v) is 5.24. The normalized spacial score (nSPS) is 14.2. The summed E-state index contributed by atoms with van der Waals surface area (Å²) in [6, 6.07) is 8.42. The number of anilines is 3. The molecule has 0 aliphatic carbocycles. The molecule has 4 rings (SSSR count). The highest BCUT2D eigenvalue weighted by molar-refractivity contribution is 5.87. The number of aryl methyl sites for hydroxylation is 1. The van der Waals surface area contributed by atoms with Gasteiger partial charge in [-0.3, -0.25) is 4.68 Å². The molecule has 6 nitrogen and oxygen atoms in total. The van der Waals surface area contributed by atoms with E-state index in [9.17, 15) is 0 Å². The SMILES string of the molecule is Cn1ncc2ncnc(Nc3cccc(N4CCC4)c3)c21. The molecule has 1 aliphatic rings. The van der Waals surface area contributed by atoms with E-state index in [1.54, 1.807) is 17.2 Å². The van der Waals surface area contributed by atoms with E-state index in [2.05, 4.69) is 43.5 Å². The predicted molar refractivity (Wildman–Crippen MR) is 82.9 cm³/mol. The van der Waals surface area contributed by atoms with Crippen LogP contribution < -0.4 is 10.2 Å². The molecule has 21 heavy (non-hydrogen) atoms. The number of benzene rings is 1. The molecular weight excluding hydrogens is 264 g/mol. The van der Waals surface area contributed by atoms with Crippen LogP contribution in [0.4, 0.5) is 17.2 Å². The fourth-order valence-electron chi connectivity index (χ4n) is 2.59. The summed E-state index contributed by atoms with van der Waals surface area (Å²) in [5.41, 5.74) is 4.03. The second kappa shape index (κ2) is 4.73. The van der Waals surface area contributed by atoms with Gasteiger partial charge in [-0.05, 0) is 24.6 Å². The van der Waals surface area contributed by atoms with E-state index < -0.39 is 0 Å². The molecule has 1 aromatic carbocycles. The lowest BCUT2D eigenvalue weighted by atomic mass is 10.1. The van der Waals surface area contributed by atoms with Gasteiger partial charge in [0.05, 0.1) is 6.20 Å². The van der Waals surface area contributed by atoms with Crippen molar-refractivity contribution < 1.29 is 0 Å². The zero-order valence-electron chi connectivity index (χ0n) is 11.8. The van der Waals surface area contributed by atoms with Crippen LogP contribution >= 0.6 is 0 Å². The number of rotatable bonds is 3. The van der Waals surface area contributed by atoms with Crippen molar-refractivity contribution in [3.05, 3.63) is 36.8 Å². The Hall–Kier alpha value is -2.63. The van der Waals surface area contributed by atoms with Crippen molar-refractivity contribution in [1.82, 2.24) is 19.7 Å². The Labute approximate surface area is 122 Å². The standard InChI is InChI=1S/C15H16N6/c1-20-14-13(9-18-20)16-10-17-15(14)19-11-4-2-5-12(8-11)21-6-3-7-21/h2,4-5,8-10H,3,6-7H2,1H3,(H,16,17,19). The maximum atomic E-state index is 4.35. The van der Waals surface area contributed by atoms with Crippen LogP contribution in [0, 0.1) is 0 Å². The smallest absolute Gasteiger partial charge is 0.160 e. The molecule has 1 fully saturated rings. The third-order valence-electron chi connectivity index (χ3n) is 3.86. The first-order valence-electron chi connectivity index (χ1n) is 7.06. The lowest BCUT2D eigenvalue weighted by Crippen LogP contribution is -2.36. The number of nitrogens with one attached hydrogen (secondary N) is 1. The average molecular weight is 280 g/mol. The highest BCUT2D eigenvalue weighted by Gasteiger charge is 2.15. The van der Waals surface area contributed by atoms with E-state index in [-0.39, 0.29) is 0 Å². The van der Waals surface area contributed by atoms with Crippen molar-refractivity contribution in [1.29, 1.82) is 0 Å². The maximum absolute atomic E-state index is 4.35. The summed E-state index contributed by atoms with van der Waals surface area (Å²) in [5.74, 6) is 0.778. The zero-order chi connectivity index (χ0) is 14.2. The van der Waals surface area contributed by atoms with Crippen LogP contribution in [0.1, 0.15) is 6.42 Å². The summed E-state index contributed by atoms with van der Waals surface area (Å²) in [7, 11) is 1.90. The molecule has 0 radical (unpaired) electrons. The number of fused-ring (bicyclic) bond motifs is 1. The van der Waals surface area contributed by atoms with E-state index >= 15 is 0 Å². The summed E-state index contributed by atoms with van der Waals surface area (Å²) < 4.78 is 1.79. The molecule has 0 spiro atoms. The van der Waals surface area contributed by atoms with Crippen LogP contribution in [0.15, 0.2) is 36.8 Å². The van der Waals surface area contributed by atoms with Crippen LogP contribution in [0.3, 0.4) is 0 Å². The van der Waals surface area contributed by atoms with Crippen molar-refractivity contribution in [2.45, 2.75) is 6.42 Å². The fraction of sp³-hybridized carbons (Fsp3) is 0.267. The topological polar surface area (TPSA) is 58.9 Å². The Morgan fingerprint density at radius 1 is 1.19 bits per heavy atom. The van der Waals surface area contributed by atoms with Crippen molar-refractivity contribution >= 4 is 28.2 Å². The molecule has 1 aliphatic heterocycles. The van der Waals surface area contributed by atoms with Gasteiger partial charge in [-0.25, -0.2) is 9.97 Å². The van der Waals surface area contributed by atoms with Gasteiger partial charge in [-0.15, -0.1) is 0 Å². The molecule has 0 saturated carbocycles. The molecule has 3 heterocycles. The van der Waals surface area contributed by atoms with Gasteiger partial charge < -0.3 is 10.2 Å². The number of hydrogen-bond acceptors (Lipinski definition) is 5. The highest BCUT2D eigenvalue weighted by atomic mass is 15.3. The Balaban J connectivity index is 1.69. The summed E-state index contributed by atoms with van der Waals surface area (Å²) in [6.07, 6.45) is 4.59. The van der Waals surface area contributed by atoms with Gasteiger partial charge in [-0.2, -0.15) is 5.10 Å². The molecule has 0 unspecified atom stereocenters. The fourth-order valence-corrected chi connectivity index (χ4v) is 2.59. The Bertz CT molecular complexity index is 790. The van der Waals surface area contributed by atoms with Crippen LogP contribution in [-0.4, -0.2) is 32.8 Å². The molecule has 6 heteroatoms. The Kier molecular flexibility index (Phi) is 2.73. The van der Waals surface area contributed by atoms with Gasteiger partial charge in [0, 0.05) is 31.5 Å². The maximum Gasteiger partial charge on any atom is 0.160 e. The first-order valence-corrected chi connectivity index (χ1v) is 7.06. The summed E-state index contributed by atoms with van der Waals surface area (Å²) in [6.45, 7) is 2.28. The molecule has 0 amide bonds.